The first-order valence-corrected chi connectivity index (χ1v) is 8.49. The Bertz CT molecular complexity index is 776. The molecule has 136 valence electrons. The van der Waals surface area contributed by atoms with Gasteiger partial charge in [0, 0.05) is 18.4 Å². The van der Waals surface area contributed by atoms with E-state index in [2.05, 4.69) is 0 Å². The number of likely N-dealkylation sites (tertiary alicyclic amines) is 1. The van der Waals surface area contributed by atoms with Crippen molar-refractivity contribution in [3.63, 3.8) is 0 Å². The summed E-state index contributed by atoms with van der Waals surface area (Å²) in [6, 6.07) is 16.4. The number of carboxylic acid groups (broad SMARTS) is 1. The molecule has 6 nitrogen and oxygen atoms in total. The molecule has 1 saturated heterocycles. The molecule has 6 heteroatoms. The van der Waals surface area contributed by atoms with Gasteiger partial charge in [-0.25, -0.2) is 9.59 Å². The summed E-state index contributed by atoms with van der Waals surface area (Å²) in [5.74, 6) is -0.435. The minimum atomic E-state index is -0.969. The summed E-state index contributed by atoms with van der Waals surface area (Å²) in [7, 11) is 1.33. The van der Waals surface area contributed by atoms with E-state index >= 15 is 0 Å². The molecule has 2 aromatic rings. The molecule has 3 rings (SSSR count). The molecule has 1 fully saturated rings. The first-order valence-electron chi connectivity index (χ1n) is 8.49. The van der Waals surface area contributed by atoms with Crippen LogP contribution < -0.4 is 5.73 Å². The Morgan fingerprint density at radius 3 is 2.31 bits per heavy atom. The van der Waals surface area contributed by atoms with Gasteiger partial charge in [-0.15, -0.1) is 0 Å². The molecule has 0 bridgehead atoms. The van der Waals surface area contributed by atoms with E-state index in [4.69, 9.17) is 10.5 Å². The lowest BCUT2D eigenvalue weighted by atomic mass is 9.83. The van der Waals surface area contributed by atoms with Gasteiger partial charge >= 0.3 is 12.1 Å². The average Bonchev–Trinajstić information content (AvgIpc) is 3.08. The highest BCUT2D eigenvalue weighted by Crippen LogP contribution is 2.45. The lowest BCUT2D eigenvalue weighted by molar-refractivity contribution is 0.0600. The van der Waals surface area contributed by atoms with Gasteiger partial charge in [0.05, 0.1) is 18.7 Å². The number of carbonyl (C=O) groups is 2. The second-order valence-corrected chi connectivity index (χ2v) is 6.41. The Balaban J connectivity index is 1.97. The quantitative estimate of drug-likeness (QED) is 0.824. The van der Waals surface area contributed by atoms with E-state index in [9.17, 15) is 14.7 Å². The van der Waals surface area contributed by atoms with Crippen LogP contribution >= 0.6 is 0 Å². The Morgan fingerprint density at radius 2 is 1.77 bits per heavy atom. The molecular weight excluding hydrogens is 332 g/mol. The summed E-state index contributed by atoms with van der Waals surface area (Å²) in [5.41, 5.74) is 8.40. The lowest BCUT2D eigenvalue weighted by Gasteiger charge is -2.26. The standard InChI is InChI=1S/C20H22N2O4/c1-26-19(23)15-9-7-14(8-10-15)18-16(11-21)17(12-22(18)20(24)25)13-5-3-2-4-6-13/h2-10,16-18H,11-12,21H2,1H3,(H,24,25)/t16-,17-,18?/m1/s1. The van der Waals surface area contributed by atoms with Crippen LogP contribution in [0.3, 0.4) is 0 Å². The van der Waals surface area contributed by atoms with Crippen molar-refractivity contribution in [2.45, 2.75) is 12.0 Å². The molecule has 0 saturated carbocycles. The Morgan fingerprint density at radius 1 is 1.12 bits per heavy atom. The maximum Gasteiger partial charge on any atom is 0.407 e. The molecule has 1 aliphatic heterocycles. The van der Waals surface area contributed by atoms with Crippen molar-refractivity contribution in [3.8, 4) is 0 Å². The van der Waals surface area contributed by atoms with Gasteiger partial charge in [0.2, 0.25) is 0 Å². The summed E-state index contributed by atoms with van der Waals surface area (Å²) < 4.78 is 4.71. The molecular formula is C20H22N2O4. The fourth-order valence-electron chi connectivity index (χ4n) is 3.82. The van der Waals surface area contributed by atoms with Gasteiger partial charge in [-0.2, -0.15) is 0 Å². The Hall–Kier alpha value is -2.86. The fourth-order valence-corrected chi connectivity index (χ4v) is 3.82. The first-order chi connectivity index (χ1) is 12.6. The van der Waals surface area contributed by atoms with Crippen molar-refractivity contribution in [1.82, 2.24) is 4.90 Å². The summed E-state index contributed by atoms with van der Waals surface area (Å²) in [6.07, 6.45) is -0.969. The van der Waals surface area contributed by atoms with E-state index in [1.165, 1.54) is 12.0 Å². The highest BCUT2D eigenvalue weighted by molar-refractivity contribution is 5.89. The number of hydrogen-bond acceptors (Lipinski definition) is 4. The fraction of sp³-hybridized carbons (Fsp3) is 0.300. The van der Waals surface area contributed by atoms with Gasteiger partial charge in [0.15, 0.2) is 0 Å². The molecule has 0 aromatic heterocycles. The van der Waals surface area contributed by atoms with Gasteiger partial charge in [-0.05, 0) is 29.8 Å². The summed E-state index contributed by atoms with van der Waals surface area (Å²) in [5, 5.41) is 9.71. The maximum absolute atomic E-state index is 11.9. The zero-order chi connectivity index (χ0) is 18.7. The van der Waals surface area contributed by atoms with Gasteiger partial charge in [0.1, 0.15) is 0 Å². The van der Waals surface area contributed by atoms with Gasteiger partial charge in [-0.3, -0.25) is 0 Å². The summed E-state index contributed by atoms with van der Waals surface area (Å²) in [4.78, 5) is 24.9. The topological polar surface area (TPSA) is 92.9 Å². The highest BCUT2D eigenvalue weighted by Gasteiger charge is 2.44. The molecule has 0 spiro atoms. The van der Waals surface area contributed by atoms with Crippen LogP contribution in [0.5, 0.6) is 0 Å². The molecule has 0 aliphatic carbocycles. The molecule has 1 aliphatic rings. The van der Waals surface area contributed by atoms with Crippen molar-refractivity contribution in [3.05, 3.63) is 71.3 Å². The normalized spacial score (nSPS) is 22.2. The Labute approximate surface area is 152 Å². The second-order valence-electron chi connectivity index (χ2n) is 6.41. The van der Waals surface area contributed by atoms with Crippen LogP contribution in [0, 0.1) is 5.92 Å². The number of amides is 1. The summed E-state index contributed by atoms with van der Waals surface area (Å²) in [6.45, 7) is 0.761. The van der Waals surface area contributed by atoms with E-state index < -0.39 is 12.1 Å². The SMILES string of the molecule is COC(=O)c1ccc(C2[C@H](CN)[C@@H](c3ccccc3)CN2C(=O)O)cc1. The number of benzene rings is 2. The third-order valence-electron chi connectivity index (χ3n) is 5.07. The maximum atomic E-state index is 11.9. The van der Waals surface area contributed by atoms with Crippen LogP contribution in [0.4, 0.5) is 4.79 Å². The van der Waals surface area contributed by atoms with E-state index in [0.29, 0.717) is 18.7 Å². The van der Waals surface area contributed by atoms with Gasteiger partial charge in [0.25, 0.3) is 0 Å². The van der Waals surface area contributed by atoms with E-state index in [0.717, 1.165) is 11.1 Å². The van der Waals surface area contributed by atoms with E-state index in [-0.39, 0.29) is 17.9 Å². The Kier molecular flexibility index (Phi) is 5.23. The smallest absolute Gasteiger partial charge is 0.407 e. The van der Waals surface area contributed by atoms with Gasteiger partial charge in [-0.1, -0.05) is 42.5 Å². The van der Waals surface area contributed by atoms with Crippen LogP contribution in [-0.4, -0.2) is 42.3 Å². The van der Waals surface area contributed by atoms with Gasteiger partial charge < -0.3 is 20.5 Å². The van der Waals surface area contributed by atoms with Crippen LogP contribution in [-0.2, 0) is 4.74 Å². The molecule has 1 amide bonds. The highest BCUT2D eigenvalue weighted by atomic mass is 16.5. The van der Waals surface area contributed by atoms with Crippen molar-refractivity contribution < 1.29 is 19.4 Å². The number of carbonyl (C=O) groups excluding carboxylic acids is 1. The minimum absolute atomic E-state index is 0.0302. The number of rotatable bonds is 4. The third-order valence-corrected chi connectivity index (χ3v) is 5.07. The monoisotopic (exact) mass is 354 g/mol. The second kappa shape index (κ2) is 7.58. The number of nitrogens with two attached hydrogens (primary N) is 1. The summed E-state index contributed by atoms with van der Waals surface area (Å²) >= 11 is 0. The predicted octanol–water partition coefficient (Wildman–Crippen LogP) is 2.87. The van der Waals surface area contributed by atoms with Crippen LogP contribution in [0.1, 0.15) is 33.4 Å². The zero-order valence-electron chi connectivity index (χ0n) is 14.5. The van der Waals surface area contributed by atoms with Crippen molar-refractivity contribution in [2.24, 2.45) is 11.7 Å². The predicted molar refractivity (Wildman–Crippen MR) is 97.0 cm³/mol. The number of hydrogen-bond donors (Lipinski definition) is 2. The van der Waals surface area contributed by atoms with Crippen LogP contribution in [0.2, 0.25) is 0 Å². The molecule has 1 heterocycles. The molecule has 26 heavy (non-hydrogen) atoms. The van der Waals surface area contributed by atoms with Crippen molar-refractivity contribution >= 4 is 12.1 Å². The lowest BCUT2D eigenvalue weighted by Crippen LogP contribution is -2.32. The van der Waals surface area contributed by atoms with Crippen molar-refractivity contribution in [1.29, 1.82) is 0 Å². The van der Waals surface area contributed by atoms with E-state index in [1.54, 1.807) is 24.3 Å². The number of nitrogens with zero attached hydrogens (tertiary/aromatic N) is 1. The largest absolute Gasteiger partial charge is 0.465 e. The molecule has 1 unspecified atom stereocenters. The van der Waals surface area contributed by atoms with Crippen LogP contribution in [0.25, 0.3) is 0 Å². The molecule has 3 atom stereocenters. The molecule has 3 N–H and O–H groups in total. The van der Waals surface area contributed by atoms with Crippen LogP contribution in [0.15, 0.2) is 54.6 Å². The zero-order valence-corrected chi connectivity index (χ0v) is 14.5. The number of methoxy groups -OCH3 is 1. The molecule has 0 radical (unpaired) electrons. The minimum Gasteiger partial charge on any atom is -0.465 e. The number of esters is 1. The first kappa shape index (κ1) is 17.9. The number of ether oxygens (including phenoxy) is 1. The molecule has 2 aromatic carbocycles. The average molecular weight is 354 g/mol. The van der Waals surface area contributed by atoms with E-state index in [1.807, 2.05) is 30.3 Å². The van der Waals surface area contributed by atoms with Crippen molar-refractivity contribution in [2.75, 3.05) is 20.2 Å². The third kappa shape index (κ3) is 3.28.